The van der Waals surface area contributed by atoms with E-state index in [9.17, 15) is 4.79 Å². The molecule has 5 nitrogen and oxygen atoms in total. The molecule has 1 fully saturated rings. The molecule has 0 spiro atoms. The molecule has 2 heterocycles. The second kappa shape index (κ2) is 6.86. The van der Waals surface area contributed by atoms with Crippen LogP contribution in [0, 0.1) is 6.92 Å². The van der Waals surface area contributed by atoms with E-state index in [4.69, 9.17) is 4.52 Å². The quantitative estimate of drug-likeness (QED) is 0.915. The second-order valence-electron chi connectivity index (χ2n) is 6.12. The van der Waals surface area contributed by atoms with E-state index >= 15 is 0 Å². The zero-order valence-electron chi connectivity index (χ0n) is 13.7. The summed E-state index contributed by atoms with van der Waals surface area (Å²) in [7, 11) is 0. The van der Waals surface area contributed by atoms with Crippen molar-refractivity contribution in [2.45, 2.75) is 45.6 Å². The number of anilines is 1. The minimum Gasteiger partial charge on any atom is -0.361 e. The van der Waals surface area contributed by atoms with Crippen molar-refractivity contribution in [2.75, 3.05) is 11.9 Å². The smallest absolute Gasteiger partial charge is 0.322 e. The highest BCUT2D eigenvalue weighted by Gasteiger charge is 2.32. The molecule has 1 aromatic heterocycles. The van der Waals surface area contributed by atoms with Gasteiger partial charge in [-0.1, -0.05) is 24.2 Å². The van der Waals surface area contributed by atoms with Gasteiger partial charge in [-0.3, -0.25) is 0 Å². The predicted octanol–water partition coefficient (Wildman–Crippen LogP) is 4.30. The molecule has 1 aliphatic rings. The normalized spacial score (nSPS) is 17.5. The summed E-state index contributed by atoms with van der Waals surface area (Å²) in [6.45, 7) is 4.87. The summed E-state index contributed by atoms with van der Waals surface area (Å²) in [6.07, 6.45) is 3.83. The third kappa shape index (κ3) is 3.55. The monoisotopic (exact) mass is 313 g/mol. The zero-order valence-corrected chi connectivity index (χ0v) is 13.7. The SMILES string of the molecule is CCCc1cc(C2CCCN2C(=O)Nc2cccc(C)c2)no1. The van der Waals surface area contributed by atoms with Crippen molar-refractivity contribution >= 4 is 11.7 Å². The van der Waals surface area contributed by atoms with Crippen LogP contribution in [0.5, 0.6) is 0 Å². The first-order valence-electron chi connectivity index (χ1n) is 8.27. The van der Waals surface area contributed by atoms with Gasteiger partial charge < -0.3 is 14.7 Å². The minimum atomic E-state index is -0.0712. The highest BCUT2D eigenvalue weighted by Crippen LogP contribution is 2.32. The van der Waals surface area contributed by atoms with Gasteiger partial charge >= 0.3 is 6.03 Å². The van der Waals surface area contributed by atoms with E-state index < -0.39 is 0 Å². The molecule has 5 heteroatoms. The van der Waals surface area contributed by atoms with Crippen LogP contribution in [0.4, 0.5) is 10.5 Å². The van der Waals surface area contributed by atoms with Crippen molar-refractivity contribution in [1.82, 2.24) is 10.1 Å². The molecule has 0 saturated carbocycles. The molecule has 2 amide bonds. The number of nitrogens with zero attached hydrogens (tertiary/aromatic N) is 2. The molecular formula is C18H23N3O2. The molecule has 1 aromatic carbocycles. The van der Waals surface area contributed by atoms with Crippen molar-refractivity contribution in [2.24, 2.45) is 0 Å². The molecule has 0 aliphatic carbocycles. The fraction of sp³-hybridized carbons (Fsp3) is 0.444. The maximum Gasteiger partial charge on any atom is 0.322 e. The van der Waals surface area contributed by atoms with Crippen LogP contribution in [0.15, 0.2) is 34.9 Å². The summed E-state index contributed by atoms with van der Waals surface area (Å²) in [5.41, 5.74) is 2.82. The lowest BCUT2D eigenvalue weighted by Gasteiger charge is -2.23. The molecule has 0 bridgehead atoms. The van der Waals surface area contributed by atoms with Gasteiger partial charge in [-0.25, -0.2) is 4.79 Å². The molecule has 2 aromatic rings. The fourth-order valence-corrected chi connectivity index (χ4v) is 3.09. The molecule has 23 heavy (non-hydrogen) atoms. The third-order valence-corrected chi connectivity index (χ3v) is 4.20. The third-order valence-electron chi connectivity index (χ3n) is 4.20. The summed E-state index contributed by atoms with van der Waals surface area (Å²) in [4.78, 5) is 14.5. The van der Waals surface area contributed by atoms with Crippen molar-refractivity contribution in [3.63, 3.8) is 0 Å². The standard InChI is InChI=1S/C18H23N3O2/c1-3-6-15-12-16(20-23-15)17-9-5-10-21(17)18(22)19-14-8-4-7-13(2)11-14/h4,7-8,11-12,17H,3,5-6,9-10H2,1-2H3,(H,19,22). The maximum atomic E-state index is 12.6. The highest BCUT2D eigenvalue weighted by molar-refractivity contribution is 5.89. The van der Waals surface area contributed by atoms with Gasteiger partial charge in [-0.2, -0.15) is 0 Å². The van der Waals surface area contributed by atoms with E-state index in [2.05, 4.69) is 17.4 Å². The zero-order chi connectivity index (χ0) is 16.2. The van der Waals surface area contributed by atoms with Crippen LogP contribution in [-0.2, 0) is 6.42 Å². The van der Waals surface area contributed by atoms with Crippen molar-refractivity contribution < 1.29 is 9.32 Å². The van der Waals surface area contributed by atoms with Gasteiger partial charge in [0.25, 0.3) is 0 Å². The lowest BCUT2D eigenvalue weighted by molar-refractivity contribution is 0.204. The van der Waals surface area contributed by atoms with Gasteiger partial charge in [0.1, 0.15) is 11.5 Å². The Bertz CT molecular complexity index is 680. The van der Waals surface area contributed by atoms with Gasteiger partial charge in [0, 0.05) is 24.7 Å². The van der Waals surface area contributed by atoms with Crippen molar-refractivity contribution in [1.29, 1.82) is 0 Å². The summed E-state index contributed by atoms with van der Waals surface area (Å²) in [5, 5.41) is 7.16. The Kier molecular flexibility index (Phi) is 4.65. The average Bonchev–Trinajstić information content (AvgIpc) is 3.16. The Morgan fingerprint density at radius 1 is 1.43 bits per heavy atom. The van der Waals surface area contributed by atoms with E-state index in [0.29, 0.717) is 0 Å². The summed E-state index contributed by atoms with van der Waals surface area (Å²) in [6, 6.07) is 9.77. The number of amides is 2. The molecule has 1 saturated heterocycles. The molecular weight excluding hydrogens is 290 g/mol. The average molecular weight is 313 g/mol. The van der Waals surface area contributed by atoms with E-state index in [1.165, 1.54) is 0 Å². The maximum absolute atomic E-state index is 12.6. The first-order chi connectivity index (χ1) is 11.2. The topological polar surface area (TPSA) is 58.4 Å². The number of likely N-dealkylation sites (tertiary alicyclic amines) is 1. The van der Waals surface area contributed by atoms with Crippen LogP contribution in [0.3, 0.4) is 0 Å². The summed E-state index contributed by atoms with van der Waals surface area (Å²) in [5.74, 6) is 0.897. The lowest BCUT2D eigenvalue weighted by Crippen LogP contribution is -2.34. The van der Waals surface area contributed by atoms with Crippen LogP contribution in [0.25, 0.3) is 0 Å². The van der Waals surface area contributed by atoms with Crippen LogP contribution < -0.4 is 5.32 Å². The summed E-state index contributed by atoms with van der Waals surface area (Å²) < 4.78 is 5.37. The van der Waals surface area contributed by atoms with E-state index in [1.54, 1.807) is 0 Å². The number of aryl methyl sites for hydroxylation is 2. The van der Waals surface area contributed by atoms with Crippen LogP contribution in [0.2, 0.25) is 0 Å². The number of urea groups is 1. The molecule has 122 valence electrons. The summed E-state index contributed by atoms with van der Waals surface area (Å²) >= 11 is 0. The predicted molar refractivity (Wildman–Crippen MR) is 89.4 cm³/mol. The number of benzene rings is 1. The molecule has 1 N–H and O–H groups in total. The fourth-order valence-electron chi connectivity index (χ4n) is 3.09. The van der Waals surface area contributed by atoms with E-state index in [0.717, 1.165) is 54.9 Å². The molecule has 1 aliphatic heterocycles. The molecule has 1 unspecified atom stereocenters. The van der Waals surface area contributed by atoms with Gasteiger partial charge in [0.2, 0.25) is 0 Å². The number of carbonyl (C=O) groups excluding carboxylic acids is 1. The first-order valence-corrected chi connectivity index (χ1v) is 8.27. The first kappa shape index (κ1) is 15.6. The Morgan fingerprint density at radius 2 is 2.30 bits per heavy atom. The van der Waals surface area contributed by atoms with Gasteiger partial charge in [-0.15, -0.1) is 0 Å². The van der Waals surface area contributed by atoms with Crippen LogP contribution in [0.1, 0.15) is 49.2 Å². The van der Waals surface area contributed by atoms with Crippen molar-refractivity contribution in [3.05, 3.63) is 47.3 Å². The number of hydrogen-bond donors (Lipinski definition) is 1. The molecule has 0 radical (unpaired) electrons. The van der Waals surface area contributed by atoms with Gasteiger partial charge in [0.05, 0.1) is 6.04 Å². The van der Waals surface area contributed by atoms with Crippen molar-refractivity contribution in [3.8, 4) is 0 Å². The highest BCUT2D eigenvalue weighted by atomic mass is 16.5. The molecule has 3 rings (SSSR count). The van der Waals surface area contributed by atoms with Crippen LogP contribution >= 0.6 is 0 Å². The number of aromatic nitrogens is 1. The van der Waals surface area contributed by atoms with E-state index in [1.807, 2.05) is 42.2 Å². The van der Waals surface area contributed by atoms with Gasteiger partial charge in [0.15, 0.2) is 0 Å². The van der Waals surface area contributed by atoms with Gasteiger partial charge in [-0.05, 0) is 43.9 Å². The Hall–Kier alpha value is -2.30. The minimum absolute atomic E-state index is 0.00849. The van der Waals surface area contributed by atoms with Crippen LogP contribution in [-0.4, -0.2) is 22.6 Å². The Balaban J connectivity index is 1.71. The number of rotatable bonds is 4. The number of carbonyl (C=O) groups is 1. The Labute approximate surface area is 136 Å². The Morgan fingerprint density at radius 3 is 3.09 bits per heavy atom. The van der Waals surface area contributed by atoms with E-state index in [-0.39, 0.29) is 12.1 Å². The number of nitrogens with one attached hydrogen (secondary N) is 1. The second-order valence-corrected chi connectivity index (χ2v) is 6.12. The molecule has 1 atom stereocenters. The largest absolute Gasteiger partial charge is 0.361 e. The lowest BCUT2D eigenvalue weighted by atomic mass is 10.1. The number of hydrogen-bond acceptors (Lipinski definition) is 3.